The fourth-order valence-corrected chi connectivity index (χ4v) is 2.24. The Morgan fingerprint density at radius 1 is 1.29 bits per heavy atom. The van der Waals surface area contributed by atoms with E-state index >= 15 is 0 Å². The lowest BCUT2D eigenvalue weighted by Gasteiger charge is -2.07. The van der Waals surface area contributed by atoms with Gasteiger partial charge in [0.25, 0.3) is 0 Å². The number of hydrogen-bond donors (Lipinski definition) is 1. The van der Waals surface area contributed by atoms with Gasteiger partial charge in [0.05, 0.1) is 6.61 Å². The maximum absolute atomic E-state index is 5.78. The Balaban J connectivity index is 2.16. The van der Waals surface area contributed by atoms with Crippen LogP contribution in [0.25, 0.3) is 0 Å². The molecule has 0 aliphatic rings. The second-order valence-corrected chi connectivity index (χ2v) is 5.83. The van der Waals surface area contributed by atoms with Crippen molar-refractivity contribution in [3.05, 3.63) is 23.8 Å². The first-order valence-electron chi connectivity index (χ1n) is 6.16. The molecular weight excluding hydrogens is 230 g/mol. The average molecular weight is 253 g/mol. The summed E-state index contributed by atoms with van der Waals surface area (Å²) in [6.07, 6.45) is 1.14. The summed E-state index contributed by atoms with van der Waals surface area (Å²) in [7, 11) is 0. The fourth-order valence-electron chi connectivity index (χ4n) is 1.38. The average Bonchev–Trinajstić information content (AvgIpc) is 2.27. The normalized spacial score (nSPS) is 11.1. The van der Waals surface area contributed by atoms with Gasteiger partial charge in [-0.2, -0.15) is 0 Å². The monoisotopic (exact) mass is 253 g/mol. The number of ether oxygens (including phenoxy) is 1. The smallest absolute Gasteiger partial charge is 0.0560 e. The van der Waals surface area contributed by atoms with Crippen LogP contribution in [0.15, 0.2) is 23.1 Å². The molecule has 0 bridgehead atoms. The summed E-state index contributed by atoms with van der Waals surface area (Å²) in [4.78, 5) is 1.27. The van der Waals surface area contributed by atoms with E-state index in [0.717, 1.165) is 42.6 Å². The van der Waals surface area contributed by atoms with Crippen LogP contribution >= 0.6 is 11.8 Å². The van der Waals surface area contributed by atoms with Gasteiger partial charge < -0.3 is 10.5 Å². The van der Waals surface area contributed by atoms with E-state index in [1.54, 1.807) is 0 Å². The lowest BCUT2D eigenvalue weighted by atomic mass is 10.1. The molecule has 0 saturated carbocycles. The van der Waals surface area contributed by atoms with Crippen LogP contribution in [0.3, 0.4) is 0 Å². The molecule has 17 heavy (non-hydrogen) atoms. The number of rotatable bonds is 7. The Morgan fingerprint density at radius 2 is 2.06 bits per heavy atom. The van der Waals surface area contributed by atoms with E-state index in [2.05, 4.69) is 26.0 Å². The zero-order valence-electron chi connectivity index (χ0n) is 11.0. The van der Waals surface area contributed by atoms with E-state index in [9.17, 15) is 0 Å². The van der Waals surface area contributed by atoms with E-state index in [4.69, 9.17) is 10.5 Å². The Kier molecular flexibility index (Phi) is 6.45. The summed E-state index contributed by atoms with van der Waals surface area (Å²) in [5.41, 5.74) is 7.79. The van der Waals surface area contributed by atoms with Crippen molar-refractivity contribution in [1.29, 1.82) is 0 Å². The molecule has 0 saturated heterocycles. The van der Waals surface area contributed by atoms with Crippen LogP contribution in [0.1, 0.15) is 25.8 Å². The van der Waals surface area contributed by atoms with Crippen LogP contribution in [-0.4, -0.2) is 19.0 Å². The van der Waals surface area contributed by atoms with Crippen LogP contribution < -0.4 is 5.73 Å². The molecule has 0 heterocycles. The number of anilines is 1. The summed E-state index contributed by atoms with van der Waals surface area (Å²) in [5, 5.41) is 0. The Bertz CT molecular complexity index is 339. The highest BCUT2D eigenvalue weighted by Gasteiger charge is 1.98. The van der Waals surface area contributed by atoms with Gasteiger partial charge in [-0.1, -0.05) is 13.8 Å². The van der Waals surface area contributed by atoms with Crippen molar-refractivity contribution in [2.75, 3.05) is 24.7 Å². The minimum atomic E-state index is 0.724. The Morgan fingerprint density at radius 3 is 2.71 bits per heavy atom. The molecule has 0 aliphatic heterocycles. The Hall–Kier alpha value is -0.670. The van der Waals surface area contributed by atoms with Crippen LogP contribution in [-0.2, 0) is 4.74 Å². The number of aryl methyl sites for hydroxylation is 1. The minimum absolute atomic E-state index is 0.724. The first-order valence-corrected chi connectivity index (χ1v) is 7.15. The van der Waals surface area contributed by atoms with Gasteiger partial charge in [-0.05, 0) is 43.0 Å². The van der Waals surface area contributed by atoms with Crippen LogP contribution in [0.2, 0.25) is 0 Å². The van der Waals surface area contributed by atoms with Gasteiger partial charge in [0, 0.05) is 22.9 Å². The highest BCUT2D eigenvalue weighted by molar-refractivity contribution is 7.99. The molecule has 1 aromatic carbocycles. The standard InChI is InChI=1S/C14H23NOS/c1-11(2)6-7-16-8-9-17-13-4-5-14(15)12(3)10-13/h4-5,10-11H,6-9,15H2,1-3H3. The molecular formula is C14H23NOS. The summed E-state index contributed by atoms with van der Waals surface area (Å²) in [6.45, 7) is 8.17. The van der Waals surface area contributed by atoms with Gasteiger partial charge in [0.1, 0.15) is 0 Å². The van der Waals surface area contributed by atoms with Crippen molar-refractivity contribution in [3.63, 3.8) is 0 Å². The second-order valence-electron chi connectivity index (χ2n) is 4.66. The number of hydrogen-bond acceptors (Lipinski definition) is 3. The van der Waals surface area contributed by atoms with Gasteiger partial charge >= 0.3 is 0 Å². The van der Waals surface area contributed by atoms with Crippen LogP contribution in [0, 0.1) is 12.8 Å². The zero-order chi connectivity index (χ0) is 12.7. The van der Waals surface area contributed by atoms with E-state index in [-0.39, 0.29) is 0 Å². The molecule has 96 valence electrons. The molecule has 0 fully saturated rings. The quantitative estimate of drug-likeness (QED) is 0.457. The second kappa shape index (κ2) is 7.62. The highest BCUT2D eigenvalue weighted by atomic mass is 32.2. The SMILES string of the molecule is Cc1cc(SCCOCCC(C)C)ccc1N. The van der Waals surface area contributed by atoms with Crippen molar-refractivity contribution in [1.82, 2.24) is 0 Å². The lowest BCUT2D eigenvalue weighted by molar-refractivity contribution is 0.138. The summed E-state index contributed by atoms with van der Waals surface area (Å²) >= 11 is 1.82. The molecule has 0 aromatic heterocycles. The molecule has 0 spiro atoms. The minimum Gasteiger partial charge on any atom is -0.399 e. The molecule has 1 aromatic rings. The van der Waals surface area contributed by atoms with E-state index < -0.39 is 0 Å². The molecule has 3 heteroatoms. The predicted octanol–water partition coefficient (Wildman–Crippen LogP) is 3.73. The topological polar surface area (TPSA) is 35.2 Å². The maximum atomic E-state index is 5.78. The van der Waals surface area contributed by atoms with Crippen molar-refractivity contribution in [3.8, 4) is 0 Å². The Labute approximate surface area is 109 Å². The molecule has 1 rings (SSSR count). The van der Waals surface area contributed by atoms with Gasteiger partial charge in [0.2, 0.25) is 0 Å². The predicted molar refractivity (Wildman–Crippen MR) is 76.6 cm³/mol. The molecule has 0 radical (unpaired) electrons. The summed E-state index contributed by atoms with van der Waals surface area (Å²) < 4.78 is 5.57. The van der Waals surface area contributed by atoms with E-state index in [1.165, 1.54) is 4.90 Å². The van der Waals surface area contributed by atoms with E-state index in [1.807, 2.05) is 24.8 Å². The van der Waals surface area contributed by atoms with Crippen molar-refractivity contribution < 1.29 is 4.74 Å². The number of nitrogens with two attached hydrogens (primary N) is 1. The molecule has 0 aliphatic carbocycles. The first-order chi connectivity index (χ1) is 8.09. The van der Waals surface area contributed by atoms with Crippen LogP contribution in [0.4, 0.5) is 5.69 Å². The first kappa shape index (κ1) is 14.4. The third kappa shape index (κ3) is 5.99. The third-order valence-electron chi connectivity index (χ3n) is 2.58. The van der Waals surface area contributed by atoms with Gasteiger partial charge in [-0.3, -0.25) is 0 Å². The van der Waals surface area contributed by atoms with Crippen molar-refractivity contribution in [2.45, 2.75) is 32.1 Å². The molecule has 0 unspecified atom stereocenters. The highest BCUT2D eigenvalue weighted by Crippen LogP contribution is 2.22. The van der Waals surface area contributed by atoms with Crippen molar-refractivity contribution >= 4 is 17.4 Å². The number of thioether (sulfide) groups is 1. The van der Waals surface area contributed by atoms with Crippen LogP contribution in [0.5, 0.6) is 0 Å². The zero-order valence-corrected chi connectivity index (χ0v) is 11.8. The van der Waals surface area contributed by atoms with Crippen molar-refractivity contribution in [2.24, 2.45) is 5.92 Å². The molecule has 0 amide bonds. The van der Waals surface area contributed by atoms with E-state index in [0.29, 0.717) is 0 Å². The molecule has 2 N–H and O–H groups in total. The summed E-state index contributed by atoms with van der Waals surface area (Å²) in [5.74, 6) is 1.73. The molecule has 0 atom stereocenters. The van der Waals surface area contributed by atoms with Gasteiger partial charge in [0.15, 0.2) is 0 Å². The largest absolute Gasteiger partial charge is 0.399 e. The number of benzene rings is 1. The van der Waals surface area contributed by atoms with Gasteiger partial charge in [-0.15, -0.1) is 11.8 Å². The molecule has 2 nitrogen and oxygen atoms in total. The number of nitrogen functional groups attached to an aromatic ring is 1. The lowest BCUT2D eigenvalue weighted by Crippen LogP contribution is -2.02. The fraction of sp³-hybridized carbons (Fsp3) is 0.571. The van der Waals surface area contributed by atoms with Gasteiger partial charge in [-0.25, -0.2) is 0 Å². The summed E-state index contributed by atoms with van der Waals surface area (Å²) in [6, 6.07) is 6.17. The third-order valence-corrected chi connectivity index (χ3v) is 3.54. The maximum Gasteiger partial charge on any atom is 0.0560 e.